The van der Waals surface area contributed by atoms with Crippen LogP contribution in [0.3, 0.4) is 0 Å². The van der Waals surface area contributed by atoms with E-state index in [2.05, 4.69) is 36.2 Å². The van der Waals surface area contributed by atoms with Gasteiger partial charge < -0.3 is 14.8 Å². The summed E-state index contributed by atoms with van der Waals surface area (Å²) in [6.07, 6.45) is 0.296. The molecule has 0 aliphatic carbocycles. The Bertz CT molecular complexity index is 394. The van der Waals surface area contributed by atoms with Crippen molar-refractivity contribution in [3.63, 3.8) is 0 Å². The van der Waals surface area contributed by atoms with Crippen molar-refractivity contribution in [3.8, 4) is 5.75 Å². The zero-order chi connectivity index (χ0) is 14.4. The van der Waals surface area contributed by atoms with E-state index in [0.29, 0.717) is 12.1 Å². The van der Waals surface area contributed by atoms with Crippen LogP contribution in [-0.4, -0.2) is 50.9 Å². The van der Waals surface area contributed by atoms with Crippen LogP contribution < -0.4 is 10.1 Å². The van der Waals surface area contributed by atoms with Gasteiger partial charge in [0.25, 0.3) is 0 Å². The van der Waals surface area contributed by atoms with Crippen LogP contribution in [0.2, 0.25) is 0 Å². The number of benzene rings is 1. The number of nitrogens with one attached hydrogen (secondary N) is 1. The first-order valence-electron chi connectivity index (χ1n) is 7.44. The molecule has 0 bridgehead atoms. The van der Waals surface area contributed by atoms with Crippen LogP contribution >= 0.6 is 0 Å². The molecular weight excluding hydrogens is 252 g/mol. The van der Waals surface area contributed by atoms with Crippen molar-refractivity contribution in [2.24, 2.45) is 0 Å². The van der Waals surface area contributed by atoms with E-state index < -0.39 is 0 Å². The van der Waals surface area contributed by atoms with E-state index in [9.17, 15) is 0 Å². The summed E-state index contributed by atoms with van der Waals surface area (Å²) < 4.78 is 11.0. The maximum Gasteiger partial charge on any atom is 0.118 e. The fraction of sp³-hybridized carbons (Fsp3) is 0.625. The Morgan fingerprint density at radius 1 is 1.40 bits per heavy atom. The van der Waals surface area contributed by atoms with E-state index in [1.165, 1.54) is 5.56 Å². The SMILES string of the molecule is CCN1CCOC(CN[C@H](C)c2ccc(OC)cc2)C1. The summed E-state index contributed by atoms with van der Waals surface area (Å²) in [5, 5.41) is 3.56. The van der Waals surface area contributed by atoms with E-state index in [1.807, 2.05) is 12.1 Å². The van der Waals surface area contributed by atoms with E-state index >= 15 is 0 Å². The molecular formula is C16H26N2O2. The summed E-state index contributed by atoms with van der Waals surface area (Å²) in [6.45, 7) is 9.31. The molecule has 112 valence electrons. The molecule has 0 radical (unpaired) electrons. The van der Waals surface area contributed by atoms with Crippen LogP contribution in [0, 0.1) is 0 Å². The third kappa shape index (κ3) is 4.20. The van der Waals surface area contributed by atoms with Gasteiger partial charge in [-0.3, -0.25) is 4.90 Å². The maximum absolute atomic E-state index is 5.81. The number of hydrogen-bond acceptors (Lipinski definition) is 4. The summed E-state index contributed by atoms with van der Waals surface area (Å²) in [7, 11) is 1.69. The van der Waals surface area contributed by atoms with E-state index in [4.69, 9.17) is 9.47 Å². The summed E-state index contributed by atoms with van der Waals surface area (Å²) in [5.74, 6) is 0.898. The van der Waals surface area contributed by atoms with Crippen LogP contribution in [0.4, 0.5) is 0 Å². The lowest BCUT2D eigenvalue weighted by Gasteiger charge is -2.32. The lowest BCUT2D eigenvalue weighted by molar-refractivity contribution is -0.0262. The molecule has 1 fully saturated rings. The van der Waals surface area contributed by atoms with Crippen LogP contribution in [0.5, 0.6) is 5.75 Å². The Morgan fingerprint density at radius 3 is 2.80 bits per heavy atom. The van der Waals surface area contributed by atoms with E-state index in [-0.39, 0.29) is 0 Å². The lowest BCUT2D eigenvalue weighted by Crippen LogP contribution is -2.46. The van der Waals surface area contributed by atoms with Crippen molar-refractivity contribution < 1.29 is 9.47 Å². The van der Waals surface area contributed by atoms with Crippen molar-refractivity contribution in [3.05, 3.63) is 29.8 Å². The van der Waals surface area contributed by atoms with Gasteiger partial charge in [0.2, 0.25) is 0 Å². The Kier molecular flexibility index (Phi) is 5.83. The first-order chi connectivity index (χ1) is 9.72. The second-order valence-electron chi connectivity index (χ2n) is 5.29. The van der Waals surface area contributed by atoms with Gasteiger partial charge in [0.05, 0.1) is 19.8 Å². The predicted molar refractivity (Wildman–Crippen MR) is 81.3 cm³/mol. The van der Waals surface area contributed by atoms with E-state index in [1.54, 1.807) is 7.11 Å². The maximum atomic E-state index is 5.81. The molecule has 0 amide bonds. The van der Waals surface area contributed by atoms with Crippen molar-refractivity contribution in [2.75, 3.05) is 39.9 Å². The Hall–Kier alpha value is -1.10. The second-order valence-corrected chi connectivity index (χ2v) is 5.29. The van der Waals surface area contributed by atoms with Gasteiger partial charge in [-0.2, -0.15) is 0 Å². The average Bonchev–Trinajstić information content (AvgIpc) is 2.53. The largest absolute Gasteiger partial charge is 0.497 e. The molecule has 1 saturated heterocycles. The molecule has 0 aromatic heterocycles. The van der Waals surface area contributed by atoms with Crippen LogP contribution in [0.25, 0.3) is 0 Å². The minimum atomic E-state index is 0.296. The van der Waals surface area contributed by atoms with Crippen LogP contribution in [0.15, 0.2) is 24.3 Å². The minimum absolute atomic E-state index is 0.296. The Balaban J connectivity index is 1.80. The van der Waals surface area contributed by atoms with Gasteiger partial charge in [-0.05, 0) is 31.2 Å². The third-order valence-electron chi connectivity index (χ3n) is 3.94. The second kappa shape index (κ2) is 7.62. The first kappa shape index (κ1) is 15.3. The fourth-order valence-corrected chi connectivity index (χ4v) is 2.51. The first-order valence-corrected chi connectivity index (χ1v) is 7.44. The molecule has 1 aliphatic heterocycles. The Labute approximate surface area is 122 Å². The topological polar surface area (TPSA) is 33.7 Å². The standard InChI is InChI=1S/C16H26N2O2/c1-4-18-9-10-20-16(12-18)11-17-13(2)14-5-7-15(19-3)8-6-14/h5-8,13,16-17H,4,9-12H2,1-3H3/t13-,16?/m1/s1. The molecule has 1 heterocycles. The molecule has 0 spiro atoms. The molecule has 4 heteroatoms. The normalized spacial score (nSPS) is 21.6. The molecule has 2 rings (SSSR count). The van der Waals surface area contributed by atoms with Crippen molar-refractivity contribution in [1.29, 1.82) is 0 Å². The quantitative estimate of drug-likeness (QED) is 0.863. The molecule has 20 heavy (non-hydrogen) atoms. The average molecular weight is 278 g/mol. The van der Waals surface area contributed by atoms with Crippen molar-refractivity contribution in [2.45, 2.75) is 26.0 Å². The van der Waals surface area contributed by atoms with Gasteiger partial charge in [-0.15, -0.1) is 0 Å². The number of rotatable bonds is 6. The molecule has 1 aliphatic rings. The number of nitrogens with zero attached hydrogens (tertiary/aromatic N) is 1. The molecule has 1 N–H and O–H groups in total. The summed E-state index contributed by atoms with van der Waals surface area (Å²) in [4.78, 5) is 2.44. The monoisotopic (exact) mass is 278 g/mol. The molecule has 1 unspecified atom stereocenters. The van der Waals surface area contributed by atoms with Crippen LogP contribution in [-0.2, 0) is 4.74 Å². The number of hydrogen-bond donors (Lipinski definition) is 1. The number of methoxy groups -OCH3 is 1. The lowest BCUT2D eigenvalue weighted by atomic mass is 10.1. The summed E-state index contributed by atoms with van der Waals surface area (Å²) >= 11 is 0. The van der Waals surface area contributed by atoms with Gasteiger partial charge in [0, 0.05) is 25.7 Å². The highest BCUT2D eigenvalue weighted by Gasteiger charge is 2.19. The molecule has 4 nitrogen and oxygen atoms in total. The highest BCUT2D eigenvalue weighted by molar-refractivity contribution is 5.28. The summed E-state index contributed by atoms with van der Waals surface area (Å²) in [6, 6.07) is 8.54. The van der Waals surface area contributed by atoms with Gasteiger partial charge in [0.15, 0.2) is 0 Å². The van der Waals surface area contributed by atoms with Crippen molar-refractivity contribution in [1.82, 2.24) is 10.2 Å². The number of morpholine rings is 1. The third-order valence-corrected chi connectivity index (χ3v) is 3.94. The molecule has 1 aromatic rings. The summed E-state index contributed by atoms with van der Waals surface area (Å²) in [5.41, 5.74) is 1.27. The van der Waals surface area contributed by atoms with Gasteiger partial charge in [0.1, 0.15) is 5.75 Å². The fourth-order valence-electron chi connectivity index (χ4n) is 2.51. The van der Waals surface area contributed by atoms with Gasteiger partial charge in [-0.25, -0.2) is 0 Å². The zero-order valence-corrected chi connectivity index (χ0v) is 12.8. The minimum Gasteiger partial charge on any atom is -0.497 e. The predicted octanol–water partition coefficient (Wildman–Crippen LogP) is 2.07. The Morgan fingerprint density at radius 2 is 2.15 bits per heavy atom. The van der Waals surface area contributed by atoms with Crippen LogP contribution in [0.1, 0.15) is 25.5 Å². The molecule has 0 saturated carbocycles. The van der Waals surface area contributed by atoms with E-state index in [0.717, 1.165) is 38.5 Å². The zero-order valence-electron chi connectivity index (χ0n) is 12.8. The number of ether oxygens (including phenoxy) is 2. The molecule has 2 atom stereocenters. The molecule has 1 aromatic carbocycles. The smallest absolute Gasteiger partial charge is 0.118 e. The van der Waals surface area contributed by atoms with Crippen molar-refractivity contribution >= 4 is 0 Å². The highest BCUT2D eigenvalue weighted by atomic mass is 16.5. The van der Waals surface area contributed by atoms with Gasteiger partial charge >= 0.3 is 0 Å². The highest BCUT2D eigenvalue weighted by Crippen LogP contribution is 2.17. The van der Waals surface area contributed by atoms with Gasteiger partial charge in [-0.1, -0.05) is 19.1 Å². The number of likely N-dealkylation sites (N-methyl/N-ethyl adjacent to an activating group) is 1.